The van der Waals surface area contributed by atoms with E-state index in [1.807, 2.05) is 37.3 Å². The molecule has 0 saturated carbocycles. The molecular formula is C14H14N2O2. The summed E-state index contributed by atoms with van der Waals surface area (Å²) in [7, 11) is 0. The topological polar surface area (TPSA) is 44.1 Å². The molecule has 0 atom stereocenters. The van der Waals surface area contributed by atoms with Crippen molar-refractivity contribution in [2.45, 2.75) is 6.92 Å². The third kappa shape index (κ3) is 2.32. The van der Waals surface area contributed by atoms with E-state index in [1.54, 1.807) is 4.68 Å². The van der Waals surface area contributed by atoms with Gasteiger partial charge >= 0.3 is 5.97 Å². The van der Waals surface area contributed by atoms with E-state index < -0.39 is 0 Å². The minimum absolute atomic E-state index is 0.203. The van der Waals surface area contributed by atoms with Gasteiger partial charge in [-0.05, 0) is 19.1 Å². The first kappa shape index (κ1) is 12.1. The van der Waals surface area contributed by atoms with Crippen LogP contribution in [0.3, 0.4) is 0 Å². The SMILES string of the molecule is C=CCOC(=O)c1cnn(-c2ccccc2)c1C. The van der Waals surface area contributed by atoms with Gasteiger partial charge in [0, 0.05) is 0 Å². The highest BCUT2D eigenvalue weighted by molar-refractivity contribution is 5.90. The molecule has 0 N–H and O–H groups in total. The number of hydrogen-bond acceptors (Lipinski definition) is 3. The van der Waals surface area contributed by atoms with Gasteiger partial charge in [-0.25, -0.2) is 9.48 Å². The van der Waals surface area contributed by atoms with E-state index in [4.69, 9.17) is 4.74 Å². The molecule has 0 aliphatic rings. The summed E-state index contributed by atoms with van der Waals surface area (Å²) in [6.07, 6.45) is 3.06. The van der Waals surface area contributed by atoms with Crippen molar-refractivity contribution in [3.05, 3.63) is 60.4 Å². The van der Waals surface area contributed by atoms with Crippen molar-refractivity contribution in [3.8, 4) is 5.69 Å². The van der Waals surface area contributed by atoms with Crippen molar-refractivity contribution in [2.24, 2.45) is 0 Å². The van der Waals surface area contributed by atoms with E-state index >= 15 is 0 Å². The van der Waals surface area contributed by atoms with Gasteiger partial charge in [-0.2, -0.15) is 5.10 Å². The molecule has 0 spiro atoms. The van der Waals surface area contributed by atoms with Gasteiger partial charge in [-0.15, -0.1) is 0 Å². The first-order valence-corrected chi connectivity index (χ1v) is 5.62. The quantitative estimate of drug-likeness (QED) is 0.611. The molecule has 4 nitrogen and oxygen atoms in total. The number of benzene rings is 1. The summed E-state index contributed by atoms with van der Waals surface area (Å²) in [6.45, 7) is 5.54. The zero-order valence-electron chi connectivity index (χ0n) is 10.2. The van der Waals surface area contributed by atoms with Crippen molar-refractivity contribution in [1.29, 1.82) is 0 Å². The molecule has 0 unspecified atom stereocenters. The number of para-hydroxylation sites is 1. The van der Waals surface area contributed by atoms with Gasteiger partial charge in [0.15, 0.2) is 0 Å². The molecule has 1 heterocycles. The Morgan fingerprint density at radius 3 is 2.83 bits per heavy atom. The molecule has 0 amide bonds. The Labute approximate surface area is 106 Å². The van der Waals surface area contributed by atoms with Gasteiger partial charge in [0.25, 0.3) is 0 Å². The predicted octanol–water partition coefficient (Wildman–Crippen LogP) is 2.52. The fourth-order valence-electron chi connectivity index (χ4n) is 1.65. The van der Waals surface area contributed by atoms with E-state index in [1.165, 1.54) is 12.3 Å². The Hall–Kier alpha value is -2.36. The summed E-state index contributed by atoms with van der Waals surface area (Å²) in [5.41, 5.74) is 2.15. The predicted molar refractivity (Wildman–Crippen MR) is 68.8 cm³/mol. The van der Waals surface area contributed by atoms with Crippen LogP contribution in [0.4, 0.5) is 0 Å². The lowest BCUT2D eigenvalue weighted by atomic mass is 10.2. The molecule has 1 aromatic carbocycles. The molecule has 1 aromatic heterocycles. The Morgan fingerprint density at radius 2 is 2.17 bits per heavy atom. The first-order valence-electron chi connectivity index (χ1n) is 5.62. The van der Waals surface area contributed by atoms with Gasteiger partial charge in [0.1, 0.15) is 12.2 Å². The lowest BCUT2D eigenvalue weighted by Crippen LogP contribution is -2.07. The Kier molecular flexibility index (Phi) is 3.57. The van der Waals surface area contributed by atoms with Gasteiger partial charge in [0.2, 0.25) is 0 Å². The highest BCUT2D eigenvalue weighted by atomic mass is 16.5. The third-order valence-electron chi connectivity index (χ3n) is 2.56. The fourth-order valence-corrected chi connectivity index (χ4v) is 1.65. The second-order valence-electron chi connectivity index (χ2n) is 3.78. The number of hydrogen-bond donors (Lipinski definition) is 0. The van der Waals surface area contributed by atoms with E-state index in [-0.39, 0.29) is 12.6 Å². The second kappa shape index (κ2) is 5.31. The van der Waals surface area contributed by atoms with Crippen molar-refractivity contribution < 1.29 is 9.53 Å². The van der Waals surface area contributed by atoms with Crippen molar-refractivity contribution in [3.63, 3.8) is 0 Å². The second-order valence-corrected chi connectivity index (χ2v) is 3.78. The number of rotatable bonds is 4. The standard InChI is InChI=1S/C14H14N2O2/c1-3-9-18-14(17)13-10-15-16(11(13)2)12-7-5-4-6-8-12/h3-8,10H,1,9H2,2H3. The molecule has 0 fully saturated rings. The van der Waals surface area contributed by atoms with Crippen LogP contribution < -0.4 is 0 Å². The zero-order chi connectivity index (χ0) is 13.0. The number of aromatic nitrogens is 2. The minimum atomic E-state index is -0.380. The number of esters is 1. The summed E-state index contributed by atoms with van der Waals surface area (Å²) in [4.78, 5) is 11.7. The van der Waals surface area contributed by atoms with E-state index in [0.29, 0.717) is 5.56 Å². The average Bonchev–Trinajstić information content (AvgIpc) is 2.79. The maximum atomic E-state index is 11.7. The lowest BCUT2D eigenvalue weighted by Gasteiger charge is -2.05. The summed E-state index contributed by atoms with van der Waals surface area (Å²) in [5.74, 6) is -0.380. The van der Waals surface area contributed by atoms with Crippen LogP contribution in [-0.4, -0.2) is 22.4 Å². The molecule has 0 aliphatic heterocycles. The van der Waals surface area contributed by atoms with E-state index in [2.05, 4.69) is 11.7 Å². The molecule has 92 valence electrons. The van der Waals surface area contributed by atoms with Crippen LogP contribution in [0.5, 0.6) is 0 Å². The number of carbonyl (C=O) groups excluding carboxylic acids is 1. The number of ether oxygens (including phenoxy) is 1. The average molecular weight is 242 g/mol. The minimum Gasteiger partial charge on any atom is -0.458 e. The van der Waals surface area contributed by atoms with Crippen LogP contribution >= 0.6 is 0 Å². The number of nitrogens with zero attached hydrogens (tertiary/aromatic N) is 2. The van der Waals surface area contributed by atoms with Crippen LogP contribution in [0.1, 0.15) is 16.1 Å². The smallest absolute Gasteiger partial charge is 0.341 e. The molecule has 0 bridgehead atoms. The zero-order valence-corrected chi connectivity index (χ0v) is 10.2. The Balaban J connectivity index is 2.29. The van der Waals surface area contributed by atoms with Gasteiger partial charge < -0.3 is 4.74 Å². The maximum Gasteiger partial charge on any atom is 0.341 e. The normalized spacial score (nSPS) is 10.1. The molecule has 18 heavy (non-hydrogen) atoms. The summed E-state index contributed by atoms with van der Waals surface area (Å²) >= 11 is 0. The first-order chi connectivity index (χ1) is 8.74. The van der Waals surface area contributed by atoms with Crippen molar-refractivity contribution in [2.75, 3.05) is 6.61 Å². The maximum absolute atomic E-state index is 11.7. The third-order valence-corrected chi connectivity index (χ3v) is 2.56. The fraction of sp³-hybridized carbons (Fsp3) is 0.143. The largest absolute Gasteiger partial charge is 0.458 e. The lowest BCUT2D eigenvalue weighted by molar-refractivity contribution is 0.0549. The highest BCUT2D eigenvalue weighted by Crippen LogP contribution is 2.14. The summed E-state index contributed by atoms with van der Waals surface area (Å²) in [5, 5.41) is 4.21. The van der Waals surface area contributed by atoms with Gasteiger partial charge in [0.05, 0.1) is 17.6 Å². The molecule has 0 aliphatic carbocycles. The van der Waals surface area contributed by atoms with Crippen LogP contribution in [0, 0.1) is 6.92 Å². The van der Waals surface area contributed by atoms with Gasteiger partial charge in [-0.3, -0.25) is 0 Å². The highest BCUT2D eigenvalue weighted by Gasteiger charge is 2.15. The van der Waals surface area contributed by atoms with Crippen molar-refractivity contribution >= 4 is 5.97 Å². The molecule has 0 saturated heterocycles. The van der Waals surface area contributed by atoms with Crippen LogP contribution in [0.25, 0.3) is 5.69 Å². The molecule has 2 rings (SSSR count). The number of carbonyl (C=O) groups is 1. The monoisotopic (exact) mass is 242 g/mol. The molecule has 4 heteroatoms. The van der Waals surface area contributed by atoms with Crippen LogP contribution in [0.2, 0.25) is 0 Å². The molecular weight excluding hydrogens is 228 g/mol. The summed E-state index contributed by atoms with van der Waals surface area (Å²) in [6, 6.07) is 9.64. The molecule has 2 aromatic rings. The van der Waals surface area contributed by atoms with E-state index in [9.17, 15) is 4.79 Å². The molecule has 0 radical (unpaired) electrons. The summed E-state index contributed by atoms with van der Waals surface area (Å²) < 4.78 is 6.71. The Morgan fingerprint density at radius 1 is 1.44 bits per heavy atom. The van der Waals surface area contributed by atoms with Gasteiger partial charge in [-0.1, -0.05) is 30.9 Å². The van der Waals surface area contributed by atoms with Crippen LogP contribution in [-0.2, 0) is 4.74 Å². The Bertz CT molecular complexity index is 558. The van der Waals surface area contributed by atoms with E-state index in [0.717, 1.165) is 11.4 Å². The van der Waals surface area contributed by atoms with Crippen molar-refractivity contribution in [1.82, 2.24) is 9.78 Å². The van der Waals surface area contributed by atoms with Crippen LogP contribution in [0.15, 0.2) is 49.2 Å².